The lowest BCUT2D eigenvalue weighted by Gasteiger charge is -2.23. The van der Waals surface area contributed by atoms with Crippen molar-refractivity contribution in [2.45, 2.75) is 38.5 Å². The zero-order valence-corrected chi connectivity index (χ0v) is 10.2. The second-order valence-corrected chi connectivity index (χ2v) is 4.78. The van der Waals surface area contributed by atoms with Crippen LogP contribution in [0.25, 0.3) is 0 Å². The smallest absolute Gasteiger partial charge is 0.306 e. The van der Waals surface area contributed by atoms with Crippen LogP contribution in [0.4, 0.5) is 0 Å². The third-order valence-electron chi connectivity index (χ3n) is 3.45. The van der Waals surface area contributed by atoms with Crippen LogP contribution in [-0.2, 0) is 21.4 Å². The van der Waals surface area contributed by atoms with Gasteiger partial charge in [0.25, 0.3) is 0 Å². The average molecular weight is 235 g/mol. The Bertz CT molecular complexity index is 492. The highest BCUT2D eigenvalue weighted by atomic mass is 16.5. The number of pyridine rings is 1. The van der Waals surface area contributed by atoms with E-state index in [1.165, 1.54) is 0 Å². The number of carbonyl (C=O) groups is 1. The Morgan fingerprint density at radius 1 is 1.59 bits per heavy atom. The van der Waals surface area contributed by atoms with Crippen LogP contribution in [0, 0.1) is 0 Å². The summed E-state index contributed by atoms with van der Waals surface area (Å²) in [4.78, 5) is 25.6. The van der Waals surface area contributed by atoms with Gasteiger partial charge in [0.05, 0.1) is 13.0 Å². The lowest BCUT2D eigenvalue weighted by Crippen LogP contribution is -2.25. The summed E-state index contributed by atoms with van der Waals surface area (Å²) in [6.07, 6.45) is 3.89. The molecule has 4 heteroatoms. The van der Waals surface area contributed by atoms with E-state index in [-0.39, 0.29) is 16.9 Å². The second kappa shape index (κ2) is 4.35. The molecule has 0 unspecified atom stereocenters. The van der Waals surface area contributed by atoms with E-state index in [9.17, 15) is 9.59 Å². The molecule has 0 saturated carbocycles. The number of ether oxygens (including phenoxy) is 1. The number of H-pyrrole nitrogens is 1. The predicted molar refractivity (Wildman–Crippen MR) is 64.0 cm³/mol. The first-order valence-corrected chi connectivity index (χ1v) is 5.93. The lowest BCUT2D eigenvalue weighted by molar-refractivity contribution is -0.144. The van der Waals surface area contributed by atoms with Crippen molar-refractivity contribution in [1.82, 2.24) is 4.98 Å². The first-order valence-electron chi connectivity index (χ1n) is 5.93. The Labute approximate surface area is 100 Å². The van der Waals surface area contributed by atoms with Crippen LogP contribution < -0.4 is 5.56 Å². The minimum Gasteiger partial charge on any atom is -0.466 e. The molecule has 0 bridgehead atoms. The molecule has 1 N–H and O–H groups in total. The molecule has 1 aliphatic rings. The molecule has 0 fully saturated rings. The molecule has 0 amide bonds. The number of esters is 1. The first kappa shape index (κ1) is 11.9. The molecule has 1 aromatic rings. The summed E-state index contributed by atoms with van der Waals surface area (Å²) in [7, 11) is 0. The number of carbonyl (C=O) groups excluding carboxylic acids is 1. The van der Waals surface area contributed by atoms with E-state index in [2.05, 4.69) is 4.98 Å². The van der Waals surface area contributed by atoms with Crippen LogP contribution in [0.15, 0.2) is 17.1 Å². The Morgan fingerprint density at radius 2 is 2.35 bits per heavy atom. The molecular formula is C13H17NO3. The standard InChI is InChI=1S/C13H17NO3/c1-3-17-12(16)7-13(2)5-4-9-8-14-11(15)6-10(9)13/h6,8H,3-5,7H2,1-2H3,(H,14,15)/t13-/m0/s1. The van der Waals surface area contributed by atoms with Crippen LogP contribution in [0.2, 0.25) is 0 Å². The minimum absolute atomic E-state index is 0.110. The van der Waals surface area contributed by atoms with E-state index in [1.807, 2.05) is 6.92 Å². The van der Waals surface area contributed by atoms with Gasteiger partial charge in [0.15, 0.2) is 0 Å². The van der Waals surface area contributed by atoms with Crippen molar-refractivity contribution in [3.8, 4) is 0 Å². The molecule has 1 atom stereocenters. The van der Waals surface area contributed by atoms with E-state index in [0.29, 0.717) is 13.0 Å². The normalized spacial score (nSPS) is 22.2. The third kappa shape index (κ3) is 2.25. The second-order valence-electron chi connectivity index (χ2n) is 4.78. The highest BCUT2D eigenvalue weighted by Crippen LogP contribution is 2.40. The molecular weight excluding hydrogens is 218 g/mol. The van der Waals surface area contributed by atoms with Crippen molar-refractivity contribution < 1.29 is 9.53 Å². The van der Waals surface area contributed by atoms with Gasteiger partial charge in [-0.25, -0.2) is 0 Å². The molecule has 1 aromatic heterocycles. The van der Waals surface area contributed by atoms with Crippen molar-refractivity contribution >= 4 is 5.97 Å². The fraction of sp³-hybridized carbons (Fsp3) is 0.538. The van der Waals surface area contributed by atoms with Crippen LogP contribution in [0.5, 0.6) is 0 Å². The lowest BCUT2D eigenvalue weighted by atomic mass is 9.81. The van der Waals surface area contributed by atoms with Gasteiger partial charge in [-0.05, 0) is 30.9 Å². The Kier molecular flexibility index (Phi) is 3.05. The molecule has 0 radical (unpaired) electrons. The topological polar surface area (TPSA) is 59.2 Å². The molecule has 2 rings (SSSR count). The van der Waals surface area contributed by atoms with E-state index >= 15 is 0 Å². The van der Waals surface area contributed by atoms with Crippen LogP contribution in [0.1, 0.15) is 37.8 Å². The molecule has 92 valence electrons. The van der Waals surface area contributed by atoms with Gasteiger partial charge < -0.3 is 9.72 Å². The van der Waals surface area contributed by atoms with E-state index in [0.717, 1.165) is 24.0 Å². The molecule has 1 aliphatic carbocycles. The predicted octanol–water partition coefficient (Wildman–Crippen LogP) is 1.53. The van der Waals surface area contributed by atoms with E-state index < -0.39 is 0 Å². The van der Waals surface area contributed by atoms with Gasteiger partial charge in [0, 0.05) is 17.7 Å². The van der Waals surface area contributed by atoms with Gasteiger partial charge >= 0.3 is 5.97 Å². The zero-order chi connectivity index (χ0) is 12.5. The number of hydrogen-bond acceptors (Lipinski definition) is 3. The minimum atomic E-state index is -0.254. The number of nitrogens with one attached hydrogen (secondary N) is 1. The van der Waals surface area contributed by atoms with Gasteiger partial charge in [-0.3, -0.25) is 9.59 Å². The summed E-state index contributed by atoms with van der Waals surface area (Å²) in [5.41, 5.74) is 1.77. The third-order valence-corrected chi connectivity index (χ3v) is 3.45. The van der Waals surface area contributed by atoms with Crippen LogP contribution >= 0.6 is 0 Å². The quantitative estimate of drug-likeness (QED) is 0.808. The summed E-state index contributed by atoms with van der Waals surface area (Å²) in [5.74, 6) is -0.192. The fourth-order valence-electron chi connectivity index (χ4n) is 2.53. The van der Waals surface area contributed by atoms with Crippen molar-refractivity contribution in [2.24, 2.45) is 0 Å². The summed E-state index contributed by atoms with van der Waals surface area (Å²) >= 11 is 0. The number of aromatic nitrogens is 1. The summed E-state index contributed by atoms with van der Waals surface area (Å²) in [6.45, 7) is 4.22. The summed E-state index contributed by atoms with van der Waals surface area (Å²) < 4.78 is 4.99. The molecule has 1 heterocycles. The largest absolute Gasteiger partial charge is 0.466 e. The average Bonchev–Trinajstić information content (AvgIpc) is 2.57. The first-order chi connectivity index (χ1) is 8.05. The van der Waals surface area contributed by atoms with Crippen molar-refractivity contribution in [2.75, 3.05) is 6.61 Å². The number of aromatic amines is 1. The molecule has 4 nitrogen and oxygen atoms in total. The highest BCUT2D eigenvalue weighted by molar-refractivity contribution is 5.71. The van der Waals surface area contributed by atoms with Gasteiger partial charge in [-0.1, -0.05) is 6.92 Å². The zero-order valence-electron chi connectivity index (χ0n) is 10.2. The van der Waals surface area contributed by atoms with Crippen LogP contribution in [-0.4, -0.2) is 17.6 Å². The van der Waals surface area contributed by atoms with Gasteiger partial charge in [0.2, 0.25) is 5.56 Å². The number of rotatable bonds is 3. The molecule has 0 spiro atoms. The van der Waals surface area contributed by atoms with Gasteiger partial charge in [-0.15, -0.1) is 0 Å². The summed E-state index contributed by atoms with van der Waals surface area (Å²) in [5, 5.41) is 0. The maximum absolute atomic E-state index is 11.6. The number of hydrogen-bond donors (Lipinski definition) is 1. The summed E-state index contributed by atoms with van der Waals surface area (Å²) in [6, 6.07) is 1.61. The van der Waals surface area contributed by atoms with Crippen molar-refractivity contribution in [1.29, 1.82) is 0 Å². The monoisotopic (exact) mass is 235 g/mol. The van der Waals surface area contributed by atoms with E-state index in [4.69, 9.17) is 4.74 Å². The molecule has 0 saturated heterocycles. The molecule has 17 heavy (non-hydrogen) atoms. The highest BCUT2D eigenvalue weighted by Gasteiger charge is 2.37. The maximum Gasteiger partial charge on any atom is 0.306 e. The van der Waals surface area contributed by atoms with Crippen LogP contribution in [0.3, 0.4) is 0 Å². The maximum atomic E-state index is 11.6. The Balaban J connectivity index is 2.27. The fourth-order valence-corrected chi connectivity index (χ4v) is 2.53. The Hall–Kier alpha value is -1.58. The van der Waals surface area contributed by atoms with Gasteiger partial charge in [-0.2, -0.15) is 0 Å². The molecule has 0 aromatic carbocycles. The number of fused-ring (bicyclic) bond motifs is 1. The van der Waals surface area contributed by atoms with E-state index in [1.54, 1.807) is 19.2 Å². The number of aryl methyl sites for hydroxylation is 1. The van der Waals surface area contributed by atoms with Gasteiger partial charge in [0.1, 0.15) is 0 Å². The van der Waals surface area contributed by atoms with Crippen molar-refractivity contribution in [3.63, 3.8) is 0 Å². The molecule has 0 aliphatic heterocycles. The van der Waals surface area contributed by atoms with Crippen molar-refractivity contribution in [3.05, 3.63) is 33.7 Å². The Morgan fingerprint density at radius 3 is 3.06 bits per heavy atom. The SMILES string of the molecule is CCOC(=O)C[C@]1(C)CCc2c[nH]c(=O)cc21.